The second kappa shape index (κ2) is 10.7. The van der Waals surface area contributed by atoms with Crippen molar-refractivity contribution >= 4 is 23.2 Å². The molecule has 2 aromatic carbocycles. The van der Waals surface area contributed by atoms with Gasteiger partial charge in [-0.25, -0.2) is 0 Å². The van der Waals surface area contributed by atoms with Gasteiger partial charge in [0.05, 0.1) is 29.8 Å². The van der Waals surface area contributed by atoms with Crippen LogP contribution in [0.1, 0.15) is 17.0 Å². The number of nitriles is 3. The van der Waals surface area contributed by atoms with E-state index in [0.29, 0.717) is 24.2 Å². The third kappa shape index (κ3) is 4.81. The van der Waals surface area contributed by atoms with Crippen LogP contribution in [0.25, 0.3) is 0 Å². The molecule has 10 heteroatoms. The Labute approximate surface area is 225 Å². The summed E-state index contributed by atoms with van der Waals surface area (Å²) in [7, 11) is 1.89. The number of hydrogen-bond acceptors (Lipinski definition) is 8. The third-order valence-electron chi connectivity index (χ3n) is 6.85. The van der Waals surface area contributed by atoms with Crippen LogP contribution in [0.4, 0.5) is 0 Å². The summed E-state index contributed by atoms with van der Waals surface area (Å²) in [6, 6.07) is 19.6. The molecular formula is C28H24N6O3S. The van der Waals surface area contributed by atoms with Gasteiger partial charge in [0, 0.05) is 24.9 Å². The lowest BCUT2D eigenvalue weighted by Crippen LogP contribution is -2.51. The number of nitrogens with zero attached hydrogens (tertiary/aromatic N) is 4. The number of hydrogen-bond donors (Lipinski definition) is 4. The minimum atomic E-state index is -1.93. The Morgan fingerprint density at radius 2 is 1.84 bits per heavy atom. The average Bonchev–Trinajstić information content (AvgIpc) is 2.90. The third-order valence-corrected chi connectivity index (χ3v) is 7.06. The highest BCUT2D eigenvalue weighted by atomic mass is 32.1. The highest BCUT2D eigenvalue weighted by Crippen LogP contribution is 2.55. The zero-order chi connectivity index (χ0) is 27.4. The van der Waals surface area contributed by atoms with Crippen LogP contribution in [0.5, 0.6) is 11.5 Å². The molecule has 1 aliphatic carbocycles. The zero-order valence-corrected chi connectivity index (χ0v) is 21.3. The van der Waals surface area contributed by atoms with Crippen molar-refractivity contribution in [3.63, 3.8) is 0 Å². The lowest BCUT2D eigenvalue weighted by Gasteiger charge is -2.46. The fraction of sp³-hybridized carbons (Fsp3) is 0.250. The summed E-state index contributed by atoms with van der Waals surface area (Å²) in [5, 5.41) is 56.6. The standard InChI is InChI=1S/C28H24N6O3S/c1-34-10-9-19-20(13-29)26(33-27(38)32-24(37)11-17-5-3-2-4-6-17)28(15-30,16-31)25(21(19)14-34)18-7-8-22(35)23(36)12-18/h2-9,12,21,25,35-36H,10-11,14H2,1H3,(H2,32,33,37,38)/t21-,25-/m0/s1. The second-order valence-electron chi connectivity index (χ2n) is 9.27. The number of phenols is 2. The van der Waals surface area contributed by atoms with Crippen LogP contribution in [-0.4, -0.2) is 46.3 Å². The van der Waals surface area contributed by atoms with Crippen molar-refractivity contribution in [1.29, 1.82) is 15.8 Å². The average molecular weight is 525 g/mol. The Balaban J connectivity index is 1.79. The first-order valence-corrected chi connectivity index (χ1v) is 12.2. The number of phenolic OH excluding ortho intramolecular Hbond substituents is 2. The number of fused-ring (bicyclic) bond motifs is 1. The highest BCUT2D eigenvalue weighted by Gasteiger charge is 2.55. The summed E-state index contributed by atoms with van der Waals surface area (Å²) >= 11 is 5.38. The van der Waals surface area contributed by atoms with Gasteiger partial charge in [0.1, 0.15) is 6.07 Å². The van der Waals surface area contributed by atoms with Crippen molar-refractivity contribution in [1.82, 2.24) is 15.5 Å². The normalized spacial score (nSPS) is 20.1. The minimum absolute atomic E-state index is 0.0281. The van der Waals surface area contributed by atoms with E-state index in [1.807, 2.05) is 36.2 Å². The highest BCUT2D eigenvalue weighted by molar-refractivity contribution is 7.80. The SMILES string of the molecule is CN1CC=C2C(C#N)=C(NC(=S)NC(=O)Cc3ccccc3)C(C#N)(C#N)[C@@H](c3ccc(O)c(O)c3)[C@H]2C1. The number of carbonyl (C=O) groups excluding carboxylic acids is 1. The van der Waals surface area contributed by atoms with Crippen LogP contribution in [0.2, 0.25) is 0 Å². The number of likely N-dealkylation sites (N-methyl/N-ethyl adjacent to an activating group) is 1. The zero-order valence-electron chi connectivity index (χ0n) is 20.5. The Morgan fingerprint density at radius 3 is 2.47 bits per heavy atom. The fourth-order valence-electron chi connectivity index (χ4n) is 5.16. The molecule has 38 heavy (non-hydrogen) atoms. The molecule has 9 nitrogen and oxygen atoms in total. The molecule has 0 fully saturated rings. The van der Waals surface area contributed by atoms with Gasteiger partial charge in [-0.05, 0) is 48.1 Å². The van der Waals surface area contributed by atoms with Gasteiger partial charge >= 0.3 is 0 Å². The van der Waals surface area contributed by atoms with E-state index in [2.05, 4.69) is 28.8 Å². The summed E-state index contributed by atoms with van der Waals surface area (Å²) in [4.78, 5) is 14.6. The Morgan fingerprint density at radius 1 is 1.13 bits per heavy atom. The van der Waals surface area contributed by atoms with Gasteiger partial charge in [0.25, 0.3) is 0 Å². The number of carbonyl (C=O) groups is 1. The van der Waals surface area contributed by atoms with E-state index in [4.69, 9.17) is 12.2 Å². The van der Waals surface area contributed by atoms with Crippen LogP contribution >= 0.6 is 12.2 Å². The smallest absolute Gasteiger partial charge is 0.230 e. The monoisotopic (exact) mass is 524 g/mol. The van der Waals surface area contributed by atoms with E-state index >= 15 is 0 Å². The summed E-state index contributed by atoms with van der Waals surface area (Å²) in [6.45, 7) is 0.988. The Kier molecular flexibility index (Phi) is 7.45. The topological polar surface area (TPSA) is 156 Å². The number of aromatic hydroxyl groups is 2. The second-order valence-corrected chi connectivity index (χ2v) is 9.68. The summed E-state index contributed by atoms with van der Waals surface area (Å²) in [5.41, 5.74) is 0.0141. The van der Waals surface area contributed by atoms with E-state index in [0.717, 1.165) is 5.56 Å². The van der Waals surface area contributed by atoms with Gasteiger partial charge in [-0.1, -0.05) is 42.5 Å². The molecule has 4 rings (SSSR count). The molecule has 1 aliphatic heterocycles. The molecule has 0 unspecified atom stereocenters. The van der Waals surface area contributed by atoms with Crippen molar-refractivity contribution in [2.75, 3.05) is 20.1 Å². The van der Waals surface area contributed by atoms with Gasteiger partial charge < -0.3 is 25.7 Å². The summed E-state index contributed by atoms with van der Waals surface area (Å²) in [6.07, 6.45) is 1.93. The van der Waals surface area contributed by atoms with Crippen molar-refractivity contribution in [3.8, 4) is 29.7 Å². The summed E-state index contributed by atoms with van der Waals surface area (Å²) in [5.74, 6) is -2.41. The molecule has 1 heterocycles. The maximum absolute atomic E-state index is 12.6. The number of thiocarbonyl (C=S) groups is 1. The molecule has 0 saturated carbocycles. The van der Waals surface area contributed by atoms with Crippen LogP contribution in [0.15, 0.2) is 71.5 Å². The fourth-order valence-corrected chi connectivity index (χ4v) is 5.37. The van der Waals surface area contributed by atoms with Crippen molar-refractivity contribution in [2.45, 2.75) is 12.3 Å². The molecule has 0 radical (unpaired) electrons. The molecule has 4 N–H and O–H groups in total. The minimum Gasteiger partial charge on any atom is -0.504 e. The molecule has 0 saturated heterocycles. The van der Waals surface area contributed by atoms with E-state index in [-0.39, 0.29) is 28.6 Å². The lowest BCUT2D eigenvalue weighted by atomic mass is 9.58. The lowest BCUT2D eigenvalue weighted by molar-refractivity contribution is -0.119. The molecule has 2 atom stereocenters. The van der Waals surface area contributed by atoms with E-state index < -0.39 is 28.9 Å². The van der Waals surface area contributed by atoms with Crippen LogP contribution in [-0.2, 0) is 11.2 Å². The van der Waals surface area contributed by atoms with Crippen LogP contribution in [0, 0.1) is 45.3 Å². The molecular weight excluding hydrogens is 500 g/mol. The van der Waals surface area contributed by atoms with Gasteiger partial charge in [-0.15, -0.1) is 0 Å². The number of amides is 1. The molecule has 0 aromatic heterocycles. The Hall–Kier alpha value is -4.69. The van der Waals surface area contributed by atoms with Crippen LogP contribution < -0.4 is 10.6 Å². The Bertz CT molecular complexity index is 1460. The quantitative estimate of drug-likeness (QED) is 0.349. The van der Waals surface area contributed by atoms with Crippen molar-refractivity contribution in [3.05, 3.63) is 82.6 Å². The van der Waals surface area contributed by atoms with Crippen molar-refractivity contribution < 1.29 is 15.0 Å². The largest absolute Gasteiger partial charge is 0.504 e. The number of nitrogens with one attached hydrogen (secondary N) is 2. The van der Waals surface area contributed by atoms with E-state index in [9.17, 15) is 30.8 Å². The molecule has 2 aromatic rings. The number of allylic oxidation sites excluding steroid dienone is 2. The number of rotatable bonds is 4. The van der Waals surface area contributed by atoms with Gasteiger partial charge in [0.2, 0.25) is 5.91 Å². The first-order valence-electron chi connectivity index (χ1n) is 11.8. The molecule has 0 spiro atoms. The predicted octanol–water partition coefficient (Wildman–Crippen LogP) is 2.73. The van der Waals surface area contributed by atoms with Gasteiger partial charge in [-0.2, -0.15) is 15.8 Å². The van der Waals surface area contributed by atoms with Gasteiger partial charge in [-0.3, -0.25) is 4.79 Å². The van der Waals surface area contributed by atoms with Gasteiger partial charge in [0.15, 0.2) is 22.0 Å². The van der Waals surface area contributed by atoms with E-state index in [1.165, 1.54) is 12.1 Å². The maximum Gasteiger partial charge on any atom is 0.230 e. The molecule has 190 valence electrons. The van der Waals surface area contributed by atoms with E-state index in [1.54, 1.807) is 18.2 Å². The van der Waals surface area contributed by atoms with Crippen LogP contribution in [0.3, 0.4) is 0 Å². The molecule has 1 amide bonds. The maximum atomic E-state index is 12.6. The number of benzene rings is 2. The summed E-state index contributed by atoms with van der Waals surface area (Å²) < 4.78 is 0. The van der Waals surface area contributed by atoms with Crippen molar-refractivity contribution in [2.24, 2.45) is 11.3 Å². The first-order chi connectivity index (χ1) is 18.2. The molecule has 2 aliphatic rings. The molecule has 0 bridgehead atoms. The first kappa shape index (κ1) is 26.4. The predicted molar refractivity (Wildman–Crippen MR) is 142 cm³/mol.